The topological polar surface area (TPSA) is 29.5 Å². The molecule has 0 saturated heterocycles. The zero-order valence-electron chi connectivity index (χ0n) is 11.1. The first-order valence-corrected chi connectivity index (χ1v) is 6.20. The molecule has 0 fully saturated rings. The molecule has 1 aliphatic heterocycles. The molecule has 1 amide bonds. The molecule has 96 valence electrons. The first-order valence-electron chi connectivity index (χ1n) is 6.20. The average Bonchev–Trinajstić information content (AvgIpc) is 2.61. The van der Waals surface area contributed by atoms with Crippen molar-refractivity contribution in [2.24, 2.45) is 0 Å². The molecule has 0 radical (unpaired) electrons. The normalized spacial score (nSPS) is 19.8. The highest BCUT2D eigenvalue weighted by atomic mass is 16.5. The Balaban J connectivity index is 2.04. The van der Waals surface area contributed by atoms with Crippen LogP contribution in [0.4, 0.5) is 0 Å². The van der Waals surface area contributed by atoms with Gasteiger partial charge in [0.2, 0.25) is 0 Å². The van der Waals surface area contributed by atoms with Crippen LogP contribution in [0.5, 0.6) is 0 Å². The van der Waals surface area contributed by atoms with Crippen LogP contribution >= 0.6 is 0 Å². The minimum Gasteiger partial charge on any atom is -0.358 e. The van der Waals surface area contributed by atoms with Gasteiger partial charge < -0.3 is 9.64 Å². The first-order chi connectivity index (χ1) is 8.65. The average molecular weight is 245 g/mol. The fourth-order valence-corrected chi connectivity index (χ4v) is 2.33. The maximum absolute atomic E-state index is 12.1. The fraction of sp³-hybridized carbons (Fsp3) is 0.400. The maximum atomic E-state index is 12.1. The Morgan fingerprint density at radius 3 is 2.50 bits per heavy atom. The molecule has 1 unspecified atom stereocenters. The van der Waals surface area contributed by atoms with E-state index in [0.29, 0.717) is 6.54 Å². The Morgan fingerprint density at radius 2 is 1.89 bits per heavy atom. The summed E-state index contributed by atoms with van der Waals surface area (Å²) in [6.07, 6.45) is 0.661. The number of nitrogens with zero attached hydrogens (tertiary/aromatic N) is 1. The molecule has 0 aromatic heterocycles. The quantitative estimate of drug-likeness (QED) is 0.815. The van der Waals surface area contributed by atoms with E-state index in [-0.39, 0.29) is 12.1 Å². The Labute approximate surface area is 108 Å². The summed E-state index contributed by atoms with van der Waals surface area (Å²) in [5, 5.41) is 0. The third kappa shape index (κ3) is 2.31. The van der Waals surface area contributed by atoms with E-state index in [4.69, 9.17) is 4.74 Å². The number of hydrogen-bond acceptors (Lipinski definition) is 2. The van der Waals surface area contributed by atoms with Crippen LogP contribution in [-0.2, 0) is 16.0 Å². The molecule has 3 nitrogen and oxygen atoms in total. The number of rotatable bonds is 4. The molecule has 3 heteroatoms. The zero-order chi connectivity index (χ0) is 13.1. The SMILES string of the molecule is COC1C(C)=C(C)C(=O)N1CCc1ccccc1. The van der Waals surface area contributed by atoms with E-state index in [1.165, 1.54) is 5.56 Å². The third-order valence-corrected chi connectivity index (χ3v) is 3.53. The van der Waals surface area contributed by atoms with Crippen molar-refractivity contribution in [3.05, 3.63) is 47.0 Å². The van der Waals surface area contributed by atoms with Gasteiger partial charge in [-0.15, -0.1) is 0 Å². The van der Waals surface area contributed by atoms with Crippen molar-refractivity contribution in [3.63, 3.8) is 0 Å². The van der Waals surface area contributed by atoms with Crippen LogP contribution in [-0.4, -0.2) is 30.7 Å². The van der Waals surface area contributed by atoms with Crippen molar-refractivity contribution in [1.82, 2.24) is 4.90 Å². The molecule has 1 aromatic carbocycles. The predicted octanol–water partition coefficient (Wildman–Crippen LogP) is 2.38. The molecule has 1 aliphatic rings. The van der Waals surface area contributed by atoms with Crippen LogP contribution in [0.25, 0.3) is 0 Å². The summed E-state index contributed by atoms with van der Waals surface area (Å²) in [7, 11) is 1.65. The van der Waals surface area contributed by atoms with Crippen molar-refractivity contribution in [3.8, 4) is 0 Å². The number of carbonyl (C=O) groups excluding carboxylic acids is 1. The lowest BCUT2D eigenvalue weighted by atomic mass is 10.1. The molecule has 1 atom stereocenters. The molecule has 0 aliphatic carbocycles. The smallest absolute Gasteiger partial charge is 0.251 e. The van der Waals surface area contributed by atoms with Crippen molar-refractivity contribution in [1.29, 1.82) is 0 Å². The molecular formula is C15H19NO2. The van der Waals surface area contributed by atoms with Gasteiger partial charge in [0.1, 0.15) is 0 Å². The van der Waals surface area contributed by atoms with Gasteiger partial charge in [-0.3, -0.25) is 4.79 Å². The van der Waals surface area contributed by atoms with E-state index in [1.807, 2.05) is 32.0 Å². The van der Waals surface area contributed by atoms with Gasteiger partial charge in [0.25, 0.3) is 5.91 Å². The Hall–Kier alpha value is -1.61. The molecule has 1 aromatic rings. The van der Waals surface area contributed by atoms with Gasteiger partial charge >= 0.3 is 0 Å². The molecule has 0 spiro atoms. The van der Waals surface area contributed by atoms with Crippen LogP contribution in [0, 0.1) is 0 Å². The van der Waals surface area contributed by atoms with Crippen LogP contribution in [0.2, 0.25) is 0 Å². The van der Waals surface area contributed by atoms with E-state index >= 15 is 0 Å². The summed E-state index contributed by atoms with van der Waals surface area (Å²) in [5.74, 6) is 0.0929. The Kier molecular flexibility index (Phi) is 3.82. The molecule has 0 N–H and O–H groups in total. The monoisotopic (exact) mass is 245 g/mol. The second-order valence-corrected chi connectivity index (χ2v) is 4.63. The molecule has 1 heterocycles. The van der Waals surface area contributed by atoms with Crippen molar-refractivity contribution < 1.29 is 9.53 Å². The highest BCUT2D eigenvalue weighted by molar-refractivity contribution is 5.96. The lowest BCUT2D eigenvalue weighted by Crippen LogP contribution is -2.38. The van der Waals surface area contributed by atoms with E-state index in [9.17, 15) is 4.79 Å². The highest BCUT2D eigenvalue weighted by Gasteiger charge is 2.34. The van der Waals surface area contributed by atoms with Crippen LogP contribution < -0.4 is 0 Å². The van der Waals surface area contributed by atoms with Gasteiger partial charge in [-0.25, -0.2) is 0 Å². The predicted molar refractivity (Wildman–Crippen MR) is 71.0 cm³/mol. The van der Waals surface area contributed by atoms with Crippen LogP contribution in [0.1, 0.15) is 19.4 Å². The lowest BCUT2D eigenvalue weighted by molar-refractivity contribution is -0.133. The largest absolute Gasteiger partial charge is 0.358 e. The summed E-state index contributed by atoms with van der Waals surface area (Å²) in [4.78, 5) is 13.9. The molecular weight excluding hydrogens is 226 g/mol. The minimum absolute atomic E-state index is 0.0929. The van der Waals surface area contributed by atoms with Gasteiger partial charge in [-0.2, -0.15) is 0 Å². The van der Waals surface area contributed by atoms with E-state index in [0.717, 1.165) is 17.6 Å². The second-order valence-electron chi connectivity index (χ2n) is 4.63. The maximum Gasteiger partial charge on any atom is 0.251 e. The number of carbonyl (C=O) groups is 1. The summed E-state index contributed by atoms with van der Waals surface area (Å²) < 4.78 is 5.41. The Bertz CT molecular complexity index is 465. The van der Waals surface area contributed by atoms with Crippen molar-refractivity contribution >= 4 is 5.91 Å². The van der Waals surface area contributed by atoms with Crippen LogP contribution in [0.3, 0.4) is 0 Å². The number of amides is 1. The van der Waals surface area contributed by atoms with E-state index in [1.54, 1.807) is 12.0 Å². The molecule has 18 heavy (non-hydrogen) atoms. The summed E-state index contributed by atoms with van der Waals surface area (Å²) in [6.45, 7) is 4.52. The van der Waals surface area contributed by atoms with Gasteiger partial charge in [-0.1, -0.05) is 30.3 Å². The fourth-order valence-electron chi connectivity index (χ4n) is 2.33. The third-order valence-electron chi connectivity index (χ3n) is 3.53. The highest BCUT2D eigenvalue weighted by Crippen LogP contribution is 2.25. The standard InChI is InChI=1S/C15H19NO2/c1-11-12(2)15(18-3)16(14(11)17)10-9-13-7-5-4-6-8-13/h4-8,15H,9-10H2,1-3H3. The van der Waals surface area contributed by atoms with Gasteiger partial charge in [0.15, 0.2) is 6.23 Å². The zero-order valence-corrected chi connectivity index (χ0v) is 11.1. The second kappa shape index (κ2) is 5.36. The van der Waals surface area contributed by atoms with E-state index in [2.05, 4.69) is 12.1 Å². The first kappa shape index (κ1) is 12.8. The molecule has 0 saturated carbocycles. The van der Waals surface area contributed by atoms with E-state index < -0.39 is 0 Å². The van der Waals surface area contributed by atoms with Gasteiger partial charge in [-0.05, 0) is 31.4 Å². The summed E-state index contributed by atoms with van der Waals surface area (Å²) in [6, 6.07) is 10.2. The van der Waals surface area contributed by atoms with Crippen molar-refractivity contribution in [2.45, 2.75) is 26.5 Å². The van der Waals surface area contributed by atoms with Crippen molar-refractivity contribution in [2.75, 3.05) is 13.7 Å². The number of methoxy groups -OCH3 is 1. The Morgan fingerprint density at radius 1 is 1.22 bits per heavy atom. The lowest BCUT2D eigenvalue weighted by Gasteiger charge is -2.25. The number of ether oxygens (including phenoxy) is 1. The van der Waals surface area contributed by atoms with Gasteiger partial charge in [0.05, 0.1) is 0 Å². The van der Waals surface area contributed by atoms with Crippen LogP contribution in [0.15, 0.2) is 41.5 Å². The summed E-state index contributed by atoms with van der Waals surface area (Å²) in [5.41, 5.74) is 3.08. The minimum atomic E-state index is -0.193. The number of benzene rings is 1. The molecule has 2 rings (SSSR count). The van der Waals surface area contributed by atoms with Gasteiger partial charge in [0, 0.05) is 19.2 Å². The summed E-state index contributed by atoms with van der Waals surface area (Å²) >= 11 is 0. The molecule has 0 bridgehead atoms. The number of hydrogen-bond donors (Lipinski definition) is 0.